The van der Waals surface area contributed by atoms with E-state index >= 15 is 0 Å². The van der Waals surface area contributed by atoms with Crippen molar-refractivity contribution in [1.82, 2.24) is 15.0 Å². The minimum atomic E-state index is -4.47. The Bertz CT molecular complexity index is 476. The average molecular weight is 266 g/mol. The molecule has 0 aliphatic carbocycles. The molecule has 2 aromatic heterocycles. The highest BCUT2D eigenvalue weighted by molar-refractivity contribution is 9.10. The molecule has 0 aliphatic rings. The zero-order valence-electron chi connectivity index (χ0n) is 6.56. The molecule has 0 atom stereocenters. The molecule has 1 N–H and O–H groups in total. The number of rotatable bonds is 0. The SMILES string of the molecule is FC(F)(F)c1nc2nccc(Br)c2[nH]1. The Kier molecular flexibility index (Phi) is 1.99. The molecule has 0 aromatic carbocycles. The number of hydrogen-bond donors (Lipinski definition) is 1. The van der Waals surface area contributed by atoms with Crippen molar-refractivity contribution in [3.05, 3.63) is 22.6 Å². The fourth-order valence-corrected chi connectivity index (χ4v) is 1.41. The summed E-state index contributed by atoms with van der Waals surface area (Å²) in [6.45, 7) is 0. The Morgan fingerprint density at radius 3 is 2.64 bits per heavy atom. The maximum atomic E-state index is 12.2. The van der Waals surface area contributed by atoms with E-state index in [-0.39, 0.29) is 11.2 Å². The van der Waals surface area contributed by atoms with E-state index in [4.69, 9.17) is 0 Å². The van der Waals surface area contributed by atoms with Crippen molar-refractivity contribution in [3.8, 4) is 0 Å². The molecule has 7 heteroatoms. The van der Waals surface area contributed by atoms with E-state index in [1.54, 1.807) is 6.07 Å². The summed E-state index contributed by atoms with van der Waals surface area (Å²) in [6, 6.07) is 1.54. The van der Waals surface area contributed by atoms with Crippen LogP contribution >= 0.6 is 15.9 Å². The highest BCUT2D eigenvalue weighted by Gasteiger charge is 2.35. The van der Waals surface area contributed by atoms with Crippen LogP contribution in [0.3, 0.4) is 0 Å². The summed E-state index contributed by atoms with van der Waals surface area (Å²) in [5, 5.41) is 0. The summed E-state index contributed by atoms with van der Waals surface area (Å²) < 4.78 is 37.2. The highest BCUT2D eigenvalue weighted by Crippen LogP contribution is 2.29. The second-order valence-electron chi connectivity index (χ2n) is 2.57. The van der Waals surface area contributed by atoms with Crippen molar-refractivity contribution in [2.45, 2.75) is 6.18 Å². The molecule has 2 heterocycles. The van der Waals surface area contributed by atoms with Crippen LogP contribution in [0.1, 0.15) is 5.82 Å². The van der Waals surface area contributed by atoms with Crippen LogP contribution in [0.15, 0.2) is 16.7 Å². The predicted molar refractivity (Wildman–Crippen MR) is 46.6 cm³/mol. The van der Waals surface area contributed by atoms with Gasteiger partial charge in [0.25, 0.3) is 0 Å². The van der Waals surface area contributed by atoms with Gasteiger partial charge >= 0.3 is 6.18 Å². The minimum absolute atomic E-state index is 0.0479. The number of pyridine rings is 1. The molecule has 0 spiro atoms. The molecule has 0 aliphatic heterocycles. The Morgan fingerprint density at radius 1 is 1.36 bits per heavy atom. The number of fused-ring (bicyclic) bond motifs is 1. The van der Waals surface area contributed by atoms with Crippen LogP contribution in [0, 0.1) is 0 Å². The molecule has 0 unspecified atom stereocenters. The summed E-state index contributed by atoms with van der Waals surface area (Å²) >= 11 is 3.10. The van der Waals surface area contributed by atoms with Gasteiger partial charge in [0.1, 0.15) is 0 Å². The maximum absolute atomic E-state index is 12.2. The number of aromatic nitrogens is 3. The topological polar surface area (TPSA) is 41.6 Å². The second kappa shape index (κ2) is 2.94. The Hall–Kier alpha value is -1.11. The van der Waals surface area contributed by atoms with Crippen LogP contribution in [0.5, 0.6) is 0 Å². The average Bonchev–Trinajstić information content (AvgIpc) is 2.48. The molecule has 2 rings (SSSR count). The quantitative estimate of drug-likeness (QED) is 0.796. The number of alkyl halides is 3. The van der Waals surface area contributed by atoms with Gasteiger partial charge in [0.2, 0.25) is 5.82 Å². The molecule has 14 heavy (non-hydrogen) atoms. The monoisotopic (exact) mass is 265 g/mol. The summed E-state index contributed by atoms with van der Waals surface area (Å²) in [7, 11) is 0. The molecule has 2 aromatic rings. The van der Waals surface area contributed by atoms with Gasteiger partial charge in [0.05, 0.1) is 5.52 Å². The fourth-order valence-electron chi connectivity index (χ4n) is 1.01. The minimum Gasteiger partial charge on any atom is -0.332 e. The Morgan fingerprint density at radius 2 is 2.07 bits per heavy atom. The normalized spacial score (nSPS) is 12.3. The standard InChI is InChI=1S/C7H3BrF3N3/c8-3-1-2-12-5-4(3)13-6(14-5)7(9,10)11/h1-2H,(H,12,13,14). The van der Waals surface area contributed by atoms with Crippen molar-refractivity contribution < 1.29 is 13.2 Å². The van der Waals surface area contributed by atoms with Crippen molar-refractivity contribution >= 4 is 27.1 Å². The van der Waals surface area contributed by atoms with E-state index in [1.165, 1.54) is 6.20 Å². The van der Waals surface area contributed by atoms with Crippen LogP contribution in [-0.4, -0.2) is 15.0 Å². The van der Waals surface area contributed by atoms with Gasteiger partial charge in [-0.3, -0.25) is 0 Å². The molecule has 0 bridgehead atoms. The highest BCUT2D eigenvalue weighted by atomic mass is 79.9. The third-order valence-electron chi connectivity index (χ3n) is 1.61. The largest absolute Gasteiger partial charge is 0.449 e. The van der Waals surface area contributed by atoms with Gasteiger partial charge in [-0.05, 0) is 22.0 Å². The van der Waals surface area contributed by atoms with Crippen molar-refractivity contribution in [2.75, 3.05) is 0 Å². The van der Waals surface area contributed by atoms with E-state index in [0.29, 0.717) is 4.47 Å². The van der Waals surface area contributed by atoms with Crippen LogP contribution in [-0.2, 0) is 6.18 Å². The number of H-pyrrole nitrogens is 1. The molecule has 0 radical (unpaired) electrons. The summed E-state index contributed by atoms with van der Waals surface area (Å²) in [4.78, 5) is 9.19. The zero-order valence-corrected chi connectivity index (χ0v) is 8.15. The van der Waals surface area contributed by atoms with Gasteiger partial charge in [0.15, 0.2) is 5.65 Å². The van der Waals surface area contributed by atoms with Gasteiger partial charge < -0.3 is 4.98 Å². The fraction of sp³-hybridized carbons (Fsp3) is 0.143. The second-order valence-corrected chi connectivity index (χ2v) is 3.43. The Labute approximate surface area is 84.5 Å². The summed E-state index contributed by atoms with van der Waals surface area (Å²) in [6.07, 6.45) is -3.09. The lowest BCUT2D eigenvalue weighted by molar-refractivity contribution is -0.144. The van der Waals surface area contributed by atoms with Crippen LogP contribution in [0.4, 0.5) is 13.2 Å². The molecule has 0 fully saturated rings. The molecule has 0 saturated heterocycles. The third kappa shape index (κ3) is 1.47. The van der Waals surface area contributed by atoms with Gasteiger partial charge in [-0.25, -0.2) is 9.97 Å². The van der Waals surface area contributed by atoms with E-state index in [2.05, 4.69) is 30.9 Å². The summed E-state index contributed by atoms with van der Waals surface area (Å²) in [5.74, 6) is -1.04. The van der Waals surface area contributed by atoms with Crippen molar-refractivity contribution in [3.63, 3.8) is 0 Å². The first-order valence-electron chi connectivity index (χ1n) is 3.56. The van der Waals surface area contributed by atoms with E-state index in [9.17, 15) is 13.2 Å². The molecule has 74 valence electrons. The predicted octanol–water partition coefficient (Wildman–Crippen LogP) is 2.74. The van der Waals surface area contributed by atoms with E-state index in [0.717, 1.165) is 0 Å². The maximum Gasteiger partial charge on any atom is 0.449 e. The molecule has 0 saturated carbocycles. The first kappa shape index (κ1) is 9.45. The molecule has 3 nitrogen and oxygen atoms in total. The van der Waals surface area contributed by atoms with Crippen LogP contribution in [0.2, 0.25) is 0 Å². The number of imidazole rings is 1. The number of nitrogens with one attached hydrogen (secondary N) is 1. The first-order chi connectivity index (χ1) is 6.48. The number of halogens is 4. The van der Waals surface area contributed by atoms with Gasteiger partial charge in [-0.1, -0.05) is 0 Å². The lowest BCUT2D eigenvalue weighted by Crippen LogP contribution is -2.06. The lowest BCUT2D eigenvalue weighted by atomic mass is 10.4. The van der Waals surface area contributed by atoms with Gasteiger partial charge in [-0.15, -0.1) is 0 Å². The van der Waals surface area contributed by atoms with Crippen molar-refractivity contribution in [2.24, 2.45) is 0 Å². The summed E-state index contributed by atoms with van der Waals surface area (Å²) in [5.41, 5.74) is 0.298. The number of aromatic amines is 1. The molecular formula is C7H3BrF3N3. The lowest BCUT2D eigenvalue weighted by Gasteiger charge is -1.98. The van der Waals surface area contributed by atoms with Gasteiger partial charge in [0, 0.05) is 10.7 Å². The van der Waals surface area contributed by atoms with Crippen molar-refractivity contribution in [1.29, 1.82) is 0 Å². The van der Waals surface area contributed by atoms with Crippen LogP contribution < -0.4 is 0 Å². The van der Waals surface area contributed by atoms with Crippen LogP contribution in [0.25, 0.3) is 11.2 Å². The smallest absolute Gasteiger partial charge is 0.332 e. The zero-order chi connectivity index (χ0) is 10.3. The Balaban J connectivity index is 2.69. The first-order valence-corrected chi connectivity index (χ1v) is 4.35. The number of hydrogen-bond acceptors (Lipinski definition) is 2. The van der Waals surface area contributed by atoms with E-state index < -0.39 is 12.0 Å². The molecule has 0 amide bonds. The third-order valence-corrected chi connectivity index (χ3v) is 2.27. The van der Waals surface area contributed by atoms with Gasteiger partial charge in [-0.2, -0.15) is 13.2 Å². The molecular weight excluding hydrogens is 263 g/mol. The number of nitrogens with zero attached hydrogens (tertiary/aromatic N) is 2. The van der Waals surface area contributed by atoms with E-state index in [1.807, 2.05) is 0 Å².